The highest BCUT2D eigenvalue weighted by molar-refractivity contribution is 7.99. The van der Waals surface area contributed by atoms with Crippen LogP contribution in [0.2, 0.25) is 0 Å². The van der Waals surface area contributed by atoms with Gasteiger partial charge >= 0.3 is 0 Å². The van der Waals surface area contributed by atoms with E-state index in [9.17, 15) is 0 Å². The predicted octanol–water partition coefficient (Wildman–Crippen LogP) is 3.89. The van der Waals surface area contributed by atoms with Crippen LogP contribution in [0.25, 0.3) is 5.69 Å². The third kappa shape index (κ3) is 2.24. The van der Waals surface area contributed by atoms with Crippen molar-refractivity contribution >= 4 is 24.0 Å². The van der Waals surface area contributed by atoms with Crippen LogP contribution in [0.4, 0.5) is 0 Å². The number of benzene rings is 1. The normalized spacial score (nSPS) is 19.9. The summed E-state index contributed by atoms with van der Waals surface area (Å²) in [4.78, 5) is 0. The van der Waals surface area contributed by atoms with Gasteiger partial charge in [0, 0.05) is 5.69 Å². The molecular weight excluding hydrogens is 262 g/mol. The lowest BCUT2D eigenvalue weighted by Crippen LogP contribution is -2.09. The molecule has 0 spiro atoms. The lowest BCUT2D eigenvalue weighted by molar-refractivity contribution is 0.653. The molecule has 5 heteroatoms. The molecule has 0 bridgehead atoms. The molecule has 1 fully saturated rings. The molecule has 0 saturated carbocycles. The summed E-state index contributed by atoms with van der Waals surface area (Å²) in [6.07, 6.45) is 3.79. The zero-order valence-corrected chi connectivity index (χ0v) is 11.6. The summed E-state index contributed by atoms with van der Waals surface area (Å²) in [5.41, 5.74) is 1.09. The molecule has 1 saturated heterocycles. The van der Waals surface area contributed by atoms with E-state index in [1.54, 1.807) is 0 Å². The maximum Gasteiger partial charge on any atom is 0.199 e. The van der Waals surface area contributed by atoms with E-state index in [1.807, 2.05) is 30.0 Å². The van der Waals surface area contributed by atoms with Crippen LogP contribution >= 0.6 is 24.0 Å². The van der Waals surface area contributed by atoms with Crippen molar-refractivity contribution in [3.8, 4) is 5.69 Å². The van der Waals surface area contributed by atoms with Crippen molar-refractivity contribution in [1.82, 2.24) is 14.8 Å². The molecule has 1 atom stereocenters. The molecule has 2 aromatic rings. The Bertz CT molecular complexity index is 567. The van der Waals surface area contributed by atoms with Gasteiger partial charge in [0.25, 0.3) is 0 Å². The monoisotopic (exact) mass is 277 g/mol. The van der Waals surface area contributed by atoms with Gasteiger partial charge < -0.3 is 0 Å². The molecule has 1 aliphatic rings. The first-order valence-corrected chi connectivity index (χ1v) is 7.66. The third-order valence-electron chi connectivity index (χ3n) is 3.18. The third-order valence-corrected chi connectivity index (χ3v) is 4.83. The Balaban J connectivity index is 2.04. The number of thioether (sulfide) groups is 1. The molecule has 0 radical (unpaired) electrons. The van der Waals surface area contributed by atoms with Gasteiger partial charge in [0.15, 0.2) is 4.77 Å². The lowest BCUT2D eigenvalue weighted by atomic mass is 10.2. The molecule has 1 aromatic heterocycles. The van der Waals surface area contributed by atoms with Gasteiger partial charge in [0.2, 0.25) is 0 Å². The summed E-state index contributed by atoms with van der Waals surface area (Å²) in [6.45, 7) is 0. The Morgan fingerprint density at radius 1 is 1.28 bits per heavy atom. The first-order valence-electron chi connectivity index (χ1n) is 6.20. The molecule has 3 nitrogen and oxygen atoms in total. The number of hydrogen-bond donors (Lipinski definition) is 1. The van der Waals surface area contributed by atoms with Crippen molar-refractivity contribution < 1.29 is 0 Å². The maximum atomic E-state index is 5.36. The van der Waals surface area contributed by atoms with E-state index in [-0.39, 0.29) is 0 Å². The highest BCUT2D eigenvalue weighted by atomic mass is 32.2. The molecule has 1 aromatic carbocycles. The number of rotatable bonds is 2. The summed E-state index contributed by atoms with van der Waals surface area (Å²) in [5, 5.41) is 7.84. The molecule has 0 aliphatic carbocycles. The maximum absolute atomic E-state index is 5.36. The fraction of sp³-hybridized carbons (Fsp3) is 0.385. The molecular formula is C13H15N3S2. The molecule has 3 rings (SSSR count). The number of para-hydroxylation sites is 1. The van der Waals surface area contributed by atoms with Gasteiger partial charge in [-0.1, -0.05) is 24.6 Å². The van der Waals surface area contributed by atoms with Gasteiger partial charge in [-0.25, -0.2) is 0 Å². The largest absolute Gasteiger partial charge is 0.271 e. The van der Waals surface area contributed by atoms with E-state index in [4.69, 9.17) is 12.2 Å². The summed E-state index contributed by atoms with van der Waals surface area (Å²) in [5.74, 6) is 2.29. The molecule has 1 aliphatic heterocycles. The molecule has 94 valence electrons. The van der Waals surface area contributed by atoms with Crippen LogP contribution in [0.1, 0.15) is 30.3 Å². The fourth-order valence-corrected chi connectivity index (χ4v) is 3.84. The van der Waals surface area contributed by atoms with Crippen LogP contribution in [0.5, 0.6) is 0 Å². The summed E-state index contributed by atoms with van der Waals surface area (Å²) in [7, 11) is 0. The summed E-state index contributed by atoms with van der Waals surface area (Å²) < 4.78 is 2.75. The number of nitrogens with zero attached hydrogens (tertiary/aromatic N) is 2. The predicted molar refractivity (Wildman–Crippen MR) is 77.8 cm³/mol. The van der Waals surface area contributed by atoms with Crippen molar-refractivity contribution in [1.29, 1.82) is 0 Å². The van der Waals surface area contributed by atoms with Gasteiger partial charge in [-0.05, 0) is 42.9 Å². The Morgan fingerprint density at radius 2 is 2.11 bits per heavy atom. The van der Waals surface area contributed by atoms with Gasteiger partial charge in [-0.3, -0.25) is 9.67 Å². The van der Waals surface area contributed by atoms with Crippen LogP contribution in [0.15, 0.2) is 30.3 Å². The second-order valence-electron chi connectivity index (χ2n) is 4.41. The molecule has 18 heavy (non-hydrogen) atoms. The van der Waals surface area contributed by atoms with Crippen LogP contribution in [-0.4, -0.2) is 20.5 Å². The smallest absolute Gasteiger partial charge is 0.199 e. The highest BCUT2D eigenvalue weighted by Gasteiger charge is 2.22. The van der Waals surface area contributed by atoms with Crippen LogP contribution < -0.4 is 0 Å². The molecule has 1 unspecified atom stereocenters. The Labute approximate surface area is 116 Å². The first-order chi connectivity index (χ1) is 8.86. The zero-order valence-electron chi connectivity index (χ0n) is 10.0. The van der Waals surface area contributed by atoms with Crippen molar-refractivity contribution in [3.63, 3.8) is 0 Å². The Kier molecular flexibility index (Phi) is 3.52. The lowest BCUT2D eigenvalue weighted by Gasteiger charge is -2.21. The van der Waals surface area contributed by atoms with E-state index < -0.39 is 0 Å². The minimum atomic E-state index is 0.465. The van der Waals surface area contributed by atoms with Crippen molar-refractivity contribution in [2.75, 3.05) is 5.75 Å². The first kappa shape index (κ1) is 12.0. The van der Waals surface area contributed by atoms with Crippen molar-refractivity contribution in [2.45, 2.75) is 24.5 Å². The van der Waals surface area contributed by atoms with Crippen LogP contribution in [0.3, 0.4) is 0 Å². The minimum Gasteiger partial charge on any atom is -0.271 e. The number of aromatic nitrogens is 3. The average molecular weight is 277 g/mol. The van der Waals surface area contributed by atoms with Crippen LogP contribution in [-0.2, 0) is 0 Å². The minimum absolute atomic E-state index is 0.465. The standard InChI is InChI=1S/C13H15N3S2/c17-13-15-14-12(11-8-4-5-9-18-11)16(13)10-6-2-1-3-7-10/h1-3,6-7,11H,4-5,8-9H2,(H,15,17). The van der Waals surface area contributed by atoms with E-state index in [1.165, 1.54) is 25.0 Å². The van der Waals surface area contributed by atoms with Crippen molar-refractivity contribution in [3.05, 3.63) is 40.9 Å². The topological polar surface area (TPSA) is 33.6 Å². The second kappa shape index (κ2) is 5.28. The quantitative estimate of drug-likeness (QED) is 0.846. The van der Waals surface area contributed by atoms with E-state index in [2.05, 4.69) is 26.9 Å². The number of H-pyrrole nitrogens is 1. The molecule has 2 heterocycles. The highest BCUT2D eigenvalue weighted by Crippen LogP contribution is 2.37. The van der Waals surface area contributed by atoms with E-state index in [0.29, 0.717) is 10.0 Å². The van der Waals surface area contributed by atoms with Crippen LogP contribution in [0, 0.1) is 4.77 Å². The Hall–Kier alpha value is -1.07. The molecule has 1 N–H and O–H groups in total. The van der Waals surface area contributed by atoms with Gasteiger partial charge in [-0.15, -0.1) is 0 Å². The fourth-order valence-electron chi connectivity index (χ4n) is 2.30. The van der Waals surface area contributed by atoms with E-state index >= 15 is 0 Å². The number of hydrogen-bond acceptors (Lipinski definition) is 3. The second-order valence-corrected chi connectivity index (χ2v) is 6.11. The molecule has 0 amide bonds. The van der Waals surface area contributed by atoms with Gasteiger partial charge in [-0.2, -0.15) is 16.9 Å². The van der Waals surface area contributed by atoms with E-state index in [0.717, 1.165) is 11.5 Å². The Morgan fingerprint density at radius 3 is 2.83 bits per heavy atom. The zero-order chi connectivity index (χ0) is 12.4. The summed E-state index contributed by atoms with van der Waals surface area (Å²) >= 11 is 7.35. The SMILES string of the molecule is S=c1[nH]nc(C2CCCCS2)n1-c1ccccc1. The number of nitrogens with one attached hydrogen (secondary N) is 1. The average Bonchev–Trinajstić information content (AvgIpc) is 2.83. The van der Waals surface area contributed by atoms with Gasteiger partial charge in [0.05, 0.1) is 5.25 Å². The van der Waals surface area contributed by atoms with Gasteiger partial charge in [0.1, 0.15) is 5.82 Å². The van der Waals surface area contributed by atoms with Crippen molar-refractivity contribution in [2.24, 2.45) is 0 Å². The number of aromatic amines is 1. The summed E-state index contributed by atoms with van der Waals surface area (Å²) in [6, 6.07) is 10.2.